The van der Waals surface area contributed by atoms with E-state index in [9.17, 15) is 13.5 Å². The summed E-state index contributed by atoms with van der Waals surface area (Å²) in [6.45, 7) is 5.33. The molecule has 0 aromatic rings. The van der Waals surface area contributed by atoms with Crippen LogP contribution in [0.5, 0.6) is 0 Å². The molecule has 1 saturated heterocycles. The van der Waals surface area contributed by atoms with Crippen molar-refractivity contribution in [1.82, 2.24) is 9.03 Å². The van der Waals surface area contributed by atoms with Gasteiger partial charge in [-0.3, -0.25) is 0 Å². The Kier molecular flexibility index (Phi) is 4.55. The van der Waals surface area contributed by atoms with Crippen LogP contribution in [0.3, 0.4) is 0 Å². The van der Waals surface area contributed by atoms with Crippen molar-refractivity contribution in [3.8, 4) is 0 Å². The van der Waals surface area contributed by atoms with Crippen LogP contribution in [-0.2, 0) is 10.2 Å². The second-order valence-corrected chi connectivity index (χ2v) is 8.31. The lowest BCUT2D eigenvalue weighted by molar-refractivity contribution is 0.163. The largest absolute Gasteiger partial charge is 0.396 e. The van der Waals surface area contributed by atoms with Gasteiger partial charge in [-0.25, -0.2) is 0 Å². The lowest BCUT2D eigenvalue weighted by Gasteiger charge is -2.34. The van der Waals surface area contributed by atoms with Gasteiger partial charge in [-0.1, -0.05) is 20.3 Å². The summed E-state index contributed by atoms with van der Waals surface area (Å²) >= 11 is 0. The minimum atomic E-state index is -3.41. The SMILES string of the molecule is CC1(C)CCCC1NS(=O)(=O)N1CCCC(CO)C1. The number of aliphatic hydroxyl groups excluding tert-OH is 1. The van der Waals surface area contributed by atoms with Gasteiger partial charge in [0.05, 0.1) is 0 Å². The lowest BCUT2D eigenvalue weighted by atomic mass is 9.88. The number of rotatable bonds is 4. The molecule has 2 N–H and O–H groups in total. The fraction of sp³-hybridized carbons (Fsp3) is 1.00. The van der Waals surface area contributed by atoms with Gasteiger partial charge in [-0.05, 0) is 37.0 Å². The molecule has 0 aromatic carbocycles. The van der Waals surface area contributed by atoms with E-state index in [0.29, 0.717) is 13.1 Å². The standard InChI is InChI=1S/C13H26N2O3S/c1-13(2)7-3-6-12(13)14-19(17,18)15-8-4-5-11(9-15)10-16/h11-12,14,16H,3-10H2,1-2H3. The zero-order valence-electron chi connectivity index (χ0n) is 11.9. The average molecular weight is 290 g/mol. The van der Waals surface area contributed by atoms with Crippen molar-refractivity contribution in [2.45, 2.75) is 52.0 Å². The van der Waals surface area contributed by atoms with Gasteiger partial charge in [-0.2, -0.15) is 17.4 Å². The molecule has 5 nitrogen and oxygen atoms in total. The van der Waals surface area contributed by atoms with Crippen LogP contribution in [0.1, 0.15) is 46.0 Å². The summed E-state index contributed by atoms with van der Waals surface area (Å²) < 4.78 is 29.2. The minimum Gasteiger partial charge on any atom is -0.396 e. The van der Waals surface area contributed by atoms with Gasteiger partial charge >= 0.3 is 0 Å². The molecule has 1 saturated carbocycles. The molecule has 0 amide bonds. The van der Waals surface area contributed by atoms with Crippen molar-refractivity contribution in [2.24, 2.45) is 11.3 Å². The Hall–Kier alpha value is -0.170. The summed E-state index contributed by atoms with van der Waals surface area (Å²) in [6.07, 6.45) is 4.82. The molecule has 0 radical (unpaired) electrons. The average Bonchev–Trinajstić information content (AvgIpc) is 2.68. The summed E-state index contributed by atoms with van der Waals surface area (Å²) in [5.41, 5.74) is 0.0409. The predicted molar refractivity (Wildman–Crippen MR) is 74.9 cm³/mol. The summed E-state index contributed by atoms with van der Waals surface area (Å²) in [5.74, 6) is 0.0851. The molecule has 1 aliphatic carbocycles. The van der Waals surface area contributed by atoms with E-state index in [1.807, 2.05) is 0 Å². The van der Waals surface area contributed by atoms with Crippen molar-refractivity contribution in [3.05, 3.63) is 0 Å². The fourth-order valence-electron chi connectivity index (χ4n) is 3.19. The summed E-state index contributed by atoms with van der Waals surface area (Å²) in [4.78, 5) is 0. The zero-order chi connectivity index (χ0) is 14.1. The van der Waals surface area contributed by atoms with Crippen molar-refractivity contribution in [2.75, 3.05) is 19.7 Å². The predicted octanol–water partition coefficient (Wildman–Crippen LogP) is 1.10. The molecule has 2 atom stereocenters. The Morgan fingerprint density at radius 3 is 2.63 bits per heavy atom. The molecule has 1 aliphatic heterocycles. The van der Waals surface area contributed by atoms with E-state index in [-0.39, 0.29) is 24.0 Å². The molecular weight excluding hydrogens is 264 g/mol. The highest BCUT2D eigenvalue weighted by Crippen LogP contribution is 2.37. The number of hydrogen-bond donors (Lipinski definition) is 2. The lowest BCUT2D eigenvalue weighted by Crippen LogP contribution is -2.51. The molecular formula is C13H26N2O3S. The molecule has 2 unspecified atom stereocenters. The zero-order valence-corrected chi connectivity index (χ0v) is 12.7. The molecule has 112 valence electrons. The van der Waals surface area contributed by atoms with Crippen LogP contribution in [0.25, 0.3) is 0 Å². The molecule has 2 fully saturated rings. The number of nitrogens with zero attached hydrogens (tertiary/aromatic N) is 1. The molecule has 2 rings (SSSR count). The highest BCUT2D eigenvalue weighted by molar-refractivity contribution is 7.87. The molecule has 0 aromatic heterocycles. The van der Waals surface area contributed by atoms with E-state index >= 15 is 0 Å². The molecule has 2 aliphatic rings. The van der Waals surface area contributed by atoms with Crippen molar-refractivity contribution in [1.29, 1.82) is 0 Å². The van der Waals surface area contributed by atoms with Crippen LogP contribution < -0.4 is 4.72 Å². The topological polar surface area (TPSA) is 69.6 Å². The summed E-state index contributed by atoms with van der Waals surface area (Å²) in [6, 6.07) is 0.0343. The third kappa shape index (κ3) is 3.48. The second kappa shape index (κ2) is 5.68. The van der Waals surface area contributed by atoms with Gasteiger partial charge in [0.25, 0.3) is 10.2 Å². The van der Waals surface area contributed by atoms with Crippen LogP contribution in [0, 0.1) is 11.3 Å². The van der Waals surface area contributed by atoms with E-state index < -0.39 is 10.2 Å². The monoisotopic (exact) mass is 290 g/mol. The second-order valence-electron chi connectivity index (χ2n) is 6.61. The quantitative estimate of drug-likeness (QED) is 0.814. The van der Waals surface area contributed by atoms with Gasteiger partial charge in [-0.15, -0.1) is 0 Å². The first-order chi connectivity index (χ1) is 8.85. The first-order valence-corrected chi connectivity index (χ1v) is 8.67. The van der Waals surface area contributed by atoms with Crippen LogP contribution in [0.4, 0.5) is 0 Å². The Morgan fingerprint density at radius 1 is 1.32 bits per heavy atom. The van der Waals surface area contributed by atoms with Crippen molar-refractivity contribution < 1.29 is 13.5 Å². The maximum absolute atomic E-state index is 12.4. The Morgan fingerprint density at radius 2 is 2.05 bits per heavy atom. The summed E-state index contributed by atoms with van der Waals surface area (Å²) in [7, 11) is -3.41. The molecule has 19 heavy (non-hydrogen) atoms. The number of hydrogen-bond acceptors (Lipinski definition) is 3. The molecule has 0 bridgehead atoms. The maximum atomic E-state index is 12.4. The Labute approximate surface area is 116 Å². The highest BCUT2D eigenvalue weighted by atomic mass is 32.2. The molecule has 0 spiro atoms. The smallest absolute Gasteiger partial charge is 0.279 e. The first kappa shape index (κ1) is 15.2. The number of nitrogens with one attached hydrogen (secondary N) is 1. The Balaban J connectivity index is 2.02. The summed E-state index contributed by atoms with van der Waals surface area (Å²) in [5, 5.41) is 9.20. The van der Waals surface area contributed by atoms with E-state index in [4.69, 9.17) is 0 Å². The van der Waals surface area contributed by atoms with Gasteiger partial charge in [0.2, 0.25) is 0 Å². The normalized spacial score (nSPS) is 32.6. The van der Waals surface area contributed by atoms with Gasteiger partial charge in [0.15, 0.2) is 0 Å². The Bertz CT molecular complexity index is 408. The molecule has 1 heterocycles. The van der Waals surface area contributed by atoms with E-state index in [1.54, 1.807) is 0 Å². The third-order valence-corrected chi connectivity index (χ3v) is 6.22. The number of aliphatic hydroxyl groups is 1. The highest BCUT2D eigenvalue weighted by Gasteiger charge is 2.39. The first-order valence-electron chi connectivity index (χ1n) is 7.23. The van der Waals surface area contributed by atoms with Gasteiger partial charge in [0, 0.05) is 25.7 Å². The van der Waals surface area contributed by atoms with Crippen LogP contribution in [0.15, 0.2) is 0 Å². The minimum absolute atomic E-state index is 0.0343. The number of piperidine rings is 1. The van der Waals surface area contributed by atoms with Crippen molar-refractivity contribution >= 4 is 10.2 Å². The van der Waals surface area contributed by atoms with Crippen LogP contribution in [0.2, 0.25) is 0 Å². The maximum Gasteiger partial charge on any atom is 0.279 e. The van der Waals surface area contributed by atoms with Crippen LogP contribution in [-0.4, -0.2) is 43.6 Å². The third-order valence-electron chi connectivity index (χ3n) is 4.63. The van der Waals surface area contributed by atoms with E-state index in [2.05, 4.69) is 18.6 Å². The van der Waals surface area contributed by atoms with E-state index in [0.717, 1.165) is 32.1 Å². The van der Waals surface area contributed by atoms with E-state index in [1.165, 1.54) is 4.31 Å². The van der Waals surface area contributed by atoms with Crippen molar-refractivity contribution in [3.63, 3.8) is 0 Å². The van der Waals surface area contributed by atoms with Gasteiger partial charge < -0.3 is 5.11 Å². The molecule has 6 heteroatoms. The fourth-order valence-corrected chi connectivity index (χ4v) is 4.92. The van der Waals surface area contributed by atoms with Crippen LogP contribution >= 0.6 is 0 Å². The van der Waals surface area contributed by atoms with Gasteiger partial charge in [0.1, 0.15) is 0 Å².